The first-order chi connectivity index (χ1) is 8.08. The molecule has 96 valence electrons. The fourth-order valence-corrected chi connectivity index (χ4v) is 2.41. The van der Waals surface area contributed by atoms with Gasteiger partial charge in [-0.15, -0.1) is 0 Å². The zero-order valence-corrected chi connectivity index (χ0v) is 10.6. The minimum atomic E-state index is -0.313. The number of carbonyl (C=O) groups is 2. The number of hydrogen-bond acceptors (Lipinski definition) is 2. The van der Waals surface area contributed by atoms with Gasteiger partial charge in [-0.1, -0.05) is 6.92 Å². The summed E-state index contributed by atoms with van der Waals surface area (Å²) in [6, 6.07) is -0.391. The van der Waals surface area contributed by atoms with Gasteiger partial charge in [0.1, 0.15) is 6.04 Å². The van der Waals surface area contributed by atoms with Crippen molar-refractivity contribution in [1.82, 2.24) is 15.1 Å². The van der Waals surface area contributed by atoms with Gasteiger partial charge in [0.15, 0.2) is 0 Å². The summed E-state index contributed by atoms with van der Waals surface area (Å²) in [4.78, 5) is 27.1. The molecule has 0 bridgehead atoms. The van der Waals surface area contributed by atoms with Crippen molar-refractivity contribution >= 4 is 11.9 Å². The lowest BCUT2D eigenvalue weighted by molar-refractivity contribution is -0.128. The summed E-state index contributed by atoms with van der Waals surface area (Å²) >= 11 is 0. The Hall–Kier alpha value is -1.26. The van der Waals surface area contributed by atoms with Gasteiger partial charge in [-0.3, -0.25) is 4.79 Å². The van der Waals surface area contributed by atoms with Gasteiger partial charge in [0.05, 0.1) is 0 Å². The van der Waals surface area contributed by atoms with Gasteiger partial charge in [0.2, 0.25) is 5.91 Å². The summed E-state index contributed by atoms with van der Waals surface area (Å²) in [6.07, 6.45) is 2.85. The van der Waals surface area contributed by atoms with Crippen LogP contribution in [0.4, 0.5) is 4.79 Å². The number of urea groups is 1. The van der Waals surface area contributed by atoms with E-state index >= 15 is 0 Å². The maximum atomic E-state index is 12.0. The highest BCUT2D eigenvalue weighted by atomic mass is 16.2. The standard InChI is InChI=1S/C12H21N3O2/c1-9-3-7-15(8-4-9)12(17)13-10-5-6-14(2)11(10)16/h9-10H,3-8H2,1-2H3,(H,13,17). The van der Waals surface area contributed by atoms with Gasteiger partial charge in [0.25, 0.3) is 0 Å². The van der Waals surface area contributed by atoms with Crippen LogP contribution in [0.3, 0.4) is 0 Å². The Kier molecular flexibility index (Phi) is 3.54. The lowest BCUT2D eigenvalue weighted by atomic mass is 10.00. The first kappa shape index (κ1) is 12.2. The molecule has 0 aromatic rings. The fraction of sp³-hybridized carbons (Fsp3) is 0.833. The molecule has 1 N–H and O–H groups in total. The topological polar surface area (TPSA) is 52.7 Å². The number of hydrogen-bond donors (Lipinski definition) is 1. The molecule has 2 fully saturated rings. The monoisotopic (exact) mass is 239 g/mol. The third-order valence-corrected chi connectivity index (χ3v) is 3.80. The van der Waals surface area contributed by atoms with E-state index in [-0.39, 0.29) is 18.0 Å². The van der Waals surface area contributed by atoms with Gasteiger partial charge in [-0.25, -0.2) is 4.79 Å². The normalized spacial score (nSPS) is 26.5. The van der Waals surface area contributed by atoms with Crippen molar-refractivity contribution in [2.75, 3.05) is 26.7 Å². The number of nitrogens with one attached hydrogen (secondary N) is 1. The van der Waals surface area contributed by atoms with Gasteiger partial charge in [0, 0.05) is 26.7 Å². The lowest BCUT2D eigenvalue weighted by Crippen LogP contribution is -2.49. The Labute approximate surface area is 102 Å². The van der Waals surface area contributed by atoms with Crippen molar-refractivity contribution in [3.05, 3.63) is 0 Å². The molecule has 0 aromatic heterocycles. The summed E-state index contributed by atoms with van der Waals surface area (Å²) in [5.41, 5.74) is 0. The van der Waals surface area contributed by atoms with E-state index in [1.807, 2.05) is 4.90 Å². The Balaban J connectivity index is 1.83. The van der Waals surface area contributed by atoms with Crippen LogP contribution in [0.2, 0.25) is 0 Å². The van der Waals surface area contributed by atoms with Crippen molar-refractivity contribution in [3.8, 4) is 0 Å². The maximum absolute atomic E-state index is 12.0. The van der Waals surface area contributed by atoms with Crippen LogP contribution in [0, 0.1) is 5.92 Å². The molecule has 2 aliphatic rings. The van der Waals surface area contributed by atoms with Crippen LogP contribution in [0.5, 0.6) is 0 Å². The largest absolute Gasteiger partial charge is 0.344 e. The summed E-state index contributed by atoms with van der Waals surface area (Å²) < 4.78 is 0. The molecular weight excluding hydrogens is 218 g/mol. The molecule has 2 rings (SSSR count). The maximum Gasteiger partial charge on any atom is 0.318 e. The van der Waals surface area contributed by atoms with Crippen molar-refractivity contribution in [1.29, 1.82) is 0 Å². The molecule has 5 heteroatoms. The number of rotatable bonds is 1. The SMILES string of the molecule is CC1CCN(C(=O)NC2CCN(C)C2=O)CC1. The van der Waals surface area contributed by atoms with E-state index < -0.39 is 0 Å². The van der Waals surface area contributed by atoms with Gasteiger partial charge < -0.3 is 15.1 Å². The molecule has 0 radical (unpaired) electrons. The molecule has 3 amide bonds. The quantitative estimate of drug-likeness (QED) is 0.731. The van der Waals surface area contributed by atoms with Crippen LogP contribution < -0.4 is 5.32 Å². The van der Waals surface area contributed by atoms with Gasteiger partial charge in [-0.2, -0.15) is 0 Å². The molecule has 1 unspecified atom stereocenters. The Bertz CT molecular complexity index is 311. The Morgan fingerprint density at radius 2 is 1.88 bits per heavy atom. The van der Waals surface area contributed by atoms with E-state index in [2.05, 4.69) is 12.2 Å². The third-order valence-electron chi connectivity index (χ3n) is 3.80. The molecule has 0 saturated carbocycles. The van der Waals surface area contributed by atoms with Crippen molar-refractivity contribution in [2.45, 2.75) is 32.2 Å². The van der Waals surface area contributed by atoms with Crippen LogP contribution in [0.1, 0.15) is 26.2 Å². The van der Waals surface area contributed by atoms with Crippen molar-refractivity contribution in [3.63, 3.8) is 0 Å². The Morgan fingerprint density at radius 1 is 1.24 bits per heavy atom. The molecular formula is C12H21N3O2. The molecule has 0 spiro atoms. The van der Waals surface area contributed by atoms with Gasteiger partial charge >= 0.3 is 6.03 Å². The minimum Gasteiger partial charge on any atom is -0.344 e. The highest BCUT2D eigenvalue weighted by Gasteiger charge is 2.31. The molecule has 1 atom stereocenters. The average molecular weight is 239 g/mol. The zero-order chi connectivity index (χ0) is 12.4. The summed E-state index contributed by atoms with van der Waals surface area (Å²) in [5, 5.41) is 2.84. The average Bonchev–Trinajstić information content (AvgIpc) is 2.62. The predicted octanol–water partition coefficient (Wildman–Crippen LogP) is 0.659. The number of likely N-dealkylation sites (tertiary alicyclic amines) is 2. The highest BCUT2D eigenvalue weighted by molar-refractivity contribution is 5.88. The number of piperidine rings is 1. The second-order valence-electron chi connectivity index (χ2n) is 5.22. The van der Waals surface area contributed by atoms with E-state index in [1.165, 1.54) is 0 Å². The second kappa shape index (κ2) is 4.94. The summed E-state index contributed by atoms with van der Waals surface area (Å²) in [6.45, 7) is 4.57. The van der Waals surface area contributed by atoms with E-state index in [1.54, 1.807) is 11.9 Å². The lowest BCUT2D eigenvalue weighted by Gasteiger charge is -2.31. The fourth-order valence-electron chi connectivity index (χ4n) is 2.41. The first-order valence-electron chi connectivity index (χ1n) is 6.38. The summed E-state index contributed by atoms with van der Waals surface area (Å²) in [5.74, 6) is 0.738. The highest BCUT2D eigenvalue weighted by Crippen LogP contribution is 2.16. The van der Waals surface area contributed by atoms with Crippen LogP contribution >= 0.6 is 0 Å². The number of likely N-dealkylation sites (N-methyl/N-ethyl adjacent to an activating group) is 1. The van der Waals surface area contributed by atoms with Crippen LogP contribution in [-0.2, 0) is 4.79 Å². The van der Waals surface area contributed by atoms with Crippen molar-refractivity contribution in [2.24, 2.45) is 5.92 Å². The first-order valence-corrected chi connectivity index (χ1v) is 6.38. The molecule has 5 nitrogen and oxygen atoms in total. The Morgan fingerprint density at radius 3 is 2.41 bits per heavy atom. The van der Waals surface area contributed by atoms with E-state index in [4.69, 9.17) is 0 Å². The molecule has 2 saturated heterocycles. The van der Waals surface area contributed by atoms with Crippen molar-refractivity contribution < 1.29 is 9.59 Å². The zero-order valence-electron chi connectivity index (χ0n) is 10.6. The predicted molar refractivity (Wildman–Crippen MR) is 64.5 cm³/mol. The summed E-state index contributed by atoms with van der Waals surface area (Å²) in [7, 11) is 1.77. The van der Waals surface area contributed by atoms with E-state index in [0.717, 1.165) is 38.9 Å². The van der Waals surface area contributed by atoms with Gasteiger partial charge in [-0.05, 0) is 25.2 Å². The molecule has 2 heterocycles. The van der Waals surface area contributed by atoms with E-state index in [0.29, 0.717) is 5.92 Å². The number of amides is 3. The van der Waals surface area contributed by atoms with Crippen LogP contribution in [0.15, 0.2) is 0 Å². The second-order valence-corrected chi connectivity index (χ2v) is 5.22. The van der Waals surface area contributed by atoms with Crippen LogP contribution in [0.25, 0.3) is 0 Å². The molecule has 2 aliphatic heterocycles. The molecule has 0 aromatic carbocycles. The smallest absolute Gasteiger partial charge is 0.318 e. The van der Waals surface area contributed by atoms with Crippen LogP contribution in [-0.4, -0.2) is 54.5 Å². The number of carbonyl (C=O) groups excluding carboxylic acids is 2. The third kappa shape index (κ3) is 2.70. The minimum absolute atomic E-state index is 0.0312. The molecule has 17 heavy (non-hydrogen) atoms. The number of nitrogens with zero attached hydrogens (tertiary/aromatic N) is 2. The molecule has 0 aliphatic carbocycles. The van der Waals surface area contributed by atoms with E-state index in [9.17, 15) is 9.59 Å².